The van der Waals surface area contributed by atoms with E-state index in [1.807, 2.05) is 13.8 Å². The maximum atomic E-state index is 14.0. The van der Waals surface area contributed by atoms with E-state index in [1.165, 1.54) is 6.07 Å². The molecule has 0 aliphatic carbocycles. The molecule has 0 aromatic heterocycles. The van der Waals surface area contributed by atoms with E-state index in [0.717, 1.165) is 0 Å². The zero-order chi connectivity index (χ0) is 16.0. The molecule has 22 heavy (non-hydrogen) atoms. The molecular formula is C14H21BrClFN2O3. The topological polar surface area (TPSA) is 70.6 Å². The molecule has 0 fully saturated rings. The van der Waals surface area contributed by atoms with Gasteiger partial charge in [-0.15, -0.1) is 12.4 Å². The summed E-state index contributed by atoms with van der Waals surface area (Å²) in [6.07, 6.45) is -1.57. The number of carbonyl (C=O) groups excluding carboxylic acids is 1. The average molecular weight is 400 g/mol. The van der Waals surface area contributed by atoms with Crippen LogP contribution in [0.1, 0.15) is 32.4 Å². The van der Waals surface area contributed by atoms with Gasteiger partial charge in [0.15, 0.2) is 0 Å². The quantitative estimate of drug-likeness (QED) is 0.683. The first-order valence-electron chi connectivity index (χ1n) is 6.69. The van der Waals surface area contributed by atoms with Gasteiger partial charge >= 0.3 is 6.09 Å². The van der Waals surface area contributed by atoms with Gasteiger partial charge in [-0.25, -0.2) is 9.18 Å². The van der Waals surface area contributed by atoms with E-state index in [0.29, 0.717) is 16.6 Å². The highest BCUT2D eigenvalue weighted by molar-refractivity contribution is 9.10. The first-order chi connectivity index (χ1) is 9.85. The van der Waals surface area contributed by atoms with Gasteiger partial charge in [-0.1, -0.05) is 13.8 Å². The van der Waals surface area contributed by atoms with Crippen LogP contribution in [0.4, 0.5) is 14.9 Å². The number of amides is 1. The van der Waals surface area contributed by atoms with E-state index in [9.17, 15) is 14.3 Å². The van der Waals surface area contributed by atoms with Gasteiger partial charge < -0.3 is 15.2 Å². The Morgan fingerprint density at radius 1 is 1.45 bits per heavy atom. The van der Waals surface area contributed by atoms with Crippen LogP contribution in [0.2, 0.25) is 0 Å². The number of anilines is 1. The molecule has 0 heterocycles. The summed E-state index contributed by atoms with van der Waals surface area (Å²) in [5.74, 6) is -0.643. The van der Waals surface area contributed by atoms with E-state index in [4.69, 9.17) is 4.74 Å². The number of aliphatic hydroxyl groups excluding tert-OH is 1. The van der Waals surface area contributed by atoms with Crippen molar-refractivity contribution in [3.05, 3.63) is 28.0 Å². The molecule has 5 nitrogen and oxygen atoms in total. The van der Waals surface area contributed by atoms with Crippen LogP contribution in [-0.4, -0.2) is 30.4 Å². The number of benzene rings is 1. The lowest BCUT2D eigenvalue weighted by Crippen LogP contribution is -2.28. The summed E-state index contributed by atoms with van der Waals surface area (Å²) in [5, 5.41) is 15.4. The Morgan fingerprint density at radius 2 is 2.09 bits per heavy atom. The van der Waals surface area contributed by atoms with Gasteiger partial charge in [-0.05, 0) is 40.5 Å². The van der Waals surface area contributed by atoms with Gasteiger partial charge in [0.25, 0.3) is 0 Å². The summed E-state index contributed by atoms with van der Waals surface area (Å²) in [5.41, 5.74) is 0.406. The second-order valence-corrected chi connectivity index (χ2v) is 5.64. The van der Waals surface area contributed by atoms with Crippen LogP contribution in [0.15, 0.2) is 16.6 Å². The molecule has 1 atom stereocenters. The number of halogens is 3. The Labute approximate surface area is 144 Å². The van der Waals surface area contributed by atoms with Crippen molar-refractivity contribution in [2.24, 2.45) is 0 Å². The lowest BCUT2D eigenvalue weighted by molar-refractivity contribution is 0.167. The molecule has 0 saturated heterocycles. The number of carbonyl (C=O) groups is 1. The monoisotopic (exact) mass is 398 g/mol. The third-order valence-electron chi connectivity index (χ3n) is 2.67. The van der Waals surface area contributed by atoms with Gasteiger partial charge in [-0.3, -0.25) is 5.32 Å². The summed E-state index contributed by atoms with van der Waals surface area (Å²) in [4.78, 5) is 11.3. The van der Waals surface area contributed by atoms with Crippen LogP contribution in [0.5, 0.6) is 0 Å². The van der Waals surface area contributed by atoms with Gasteiger partial charge in [0.1, 0.15) is 5.82 Å². The minimum absolute atomic E-state index is 0. The van der Waals surface area contributed by atoms with Crippen LogP contribution >= 0.6 is 28.3 Å². The van der Waals surface area contributed by atoms with Crippen molar-refractivity contribution < 1.29 is 19.0 Å². The highest BCUT2D eigenvalue weighted by atomic mass is 79.9. The molecule has 0 saturated carbocycles. The number of nitrogens with one attached hydrogen (secondary N) is 2. The molecule has 126 valence electrons. The van der Waals surface area contributed by atoms with Gasteiger partial charge in [-0.2, -0.15) is 0 Å². The molecule has 1 aromatic rings. The maximum absolute atomic E-state index is 14.0. The van der Waals surface area contributed by atoms with E-state index >= 15 is 0 Å². The van der Waals surface area contributed by atoms with Crippen LogP contribution in [0.3, 0.4) is 0 Å². The summed E-state index contributed by atoms with van der Waals surface area (Å²) >= 11 is 3.18. The summed E-state index contributed by atoms with van der Waals surface area (Å²) in [7, 11) is 0. The SMILES string of the molecule is CCOC(=O)Nc1c(F)cc(C(O)CNC(C)C)cc1Br.Cl. The van der Waals surface area contributed by atoms with Crippen molar-refractivity contribution in [1.82, 2.24) is 5.32 Å². The minimum atomic E-state index is -0.838. The van der Waals surface area contributed by atoms with Crippen LogP contribution in [0.25, 0.3) is 0 Å². The first kappa shape index (κ1) is 21.1. The molecule has 0 aliphatic rings. The molecule has 1 amide bonds. The lowest BCUT2D eigenvalue weighted by atomic mass is 10.1. The predicted octanol–water partition coefficient (Wildman–Crippen LogP) is 3.61. The molecule has 3 N–H and O–H groups in total. The molecule has 0 spiro atoms. The minimum Gasteiger partial charge on any atom is -0.450 e. The Morgan fingerprint density at radius 3 is 2.59 bits per heavy atom. The second kappa shape index (κ2) is 9.99. The van der Waals surface area contributed by atoms with Crippen molar-refractivity contribution in [2.75, 3.05) is 18.5 Å². The third kappa shape index (κ3) is 6.48. The van der Waals surface area contributed by atoms with Crippen molar-refractivity contribution >= 4 is 40.1 Å². The fourth-order valence-corrected chi connectivity index (χ4v) is 2.19. The number of hydrogen-bond donors (Lipinski definition) is 3. The zero-order valence-corrected chi connectivity index (χ0v) is 15.1. The summed E-state index contributed by atoms with van der Waals surface area (Å²) in [6.45, 7) is 6.08. The van der Waals surface area contributed by atoms with E-state index < -0.39 is 18.0 Å². The fraction of sp³-hybridized carbons (Fsp3) is 0.500. The van der Waals surface area contributed by atoms with Gasteiger partial charge in [0.2, 0.25) is 0 Å². The zero-order valence-electron chi connectivity index (χ0n) is 12.7. The molecule has 0 bridgehead atoms. The first-order valence-corrected chi connectivity index (χ1v) is 7.48. The Hall–Kier alpha value is -0.890. The summed E-state index contributed by atoms with van der Waals surface area (Å²) < 4.78 is 19.1. The average Bonchev–Trinajstić information content (AvgIpc) is 2.40. The predicted molar refractivity (Wildman–Crippen MR) is 90.1 cm³/mol. The highest BCUT2D eigenvalue weighted by Crippen LogP contribution is 2.29. The second-order valence-electron chi connectivity index (χ2n) is 4.78. The fourth-order valence-electron chi connectivity index (χ4n) is 1.64. The Bertz CT molecular complexity index is 480. The van der Waals surface area contributed by atoms with Crippen molar-refractivity contribution in [3.63, 3.8) is 0 Å². The van der Waals surface area contributed by atoms with E-state index in [1.54, 1.807) is 13.0 Å². The van der Waals surface area contributed by atoms with Crippen molar-refractivity contribution in [1.29, 1.82) is 0 Å². The molecule has 1 aromatic carbocycles. The van der Waals surface area contributed by atoms with Crippen LogP contribution in [0, 0.1) is 5.82 Å². The maximum Gasteiger partial charge on any atom is 0.411 e. The van der Waals surface area contributed by atoms with Gasteiger partial charge in [0.05, 0.1) is 18.4 Å². The molecular weight excluding hydrogens is 379 g/mol. The largest absolute Gasteiger partial charge is 0.450 e. The molecule has 1 rings (SSSR count). The van der Waals surface area contributed by atoms with Crippen molar-refractivity contribution in [3.8, 4) is 0 Å². The van der Waals surface area contributed by atoms with Crippen LogP contribution in [-0.2, 0) is 4.74 Å². The molecule has 0 radical (unpaired) electrons. The Kier molecular flexibility index (Phi) is 9.59. The van der Waals surface area contributed by atoms with Gasteiger partial charge in [0, 0.05) is 17.1 Å². The smallest absolute Gasteiger partial charge is 0.411 e. The molecule has 8 heteroatoms. The summed E-state index contributed by atoms with van der Waals surface area (Å²) in [6, 6.07) is 2.98. The standard InChI is InChI=1S/C14H20BrFN2O3.ClH/c1-4-21-14(20)18-13-10(15)5-9(6-11(13)16)12(19)7-17-8(2)3;/h5-6,8,12,17,19H,4,7H2,1-3H3,(H,18,20);1H. The normalized spacial score (nSPS) is 11.8. The molecule has 0 aliphatic heterocycles. The molecule has 1 unspecified atom stereocenters. The number of ether oxygens (including phenoxy) is 1. The number of aliphatic hydroxyl groups is 1. The number of rotatable bonds is 6. The lowest BCUT2D eigenvalue weighted by Gasteiger charge is -2.16. The van der Waals surface area contributed by atoms with E-state index in [-0.39, 0.29) is 30.7 Å². The highest BCUT2D eigenvalue weighted by Gasteiger charge is 2.16. The van der Waals surface area contributed by atoms with E-state index in [2.05, 4.69) is 26.6 Å². The Balaban J connectivity index is 0.00000441. The van der Waals surface area contributed by atoms with Crippen LogP contribution < -0.4 is 10.6 Å². The van der Waals surface area contributed by atoms with Crippen molar-refractivity contribution in [2.45, 2.75) is 32.9 Å². The third-order valence-corrected chi connectivity index (χ3v) is 3.30. The number of hydrogen-bond acceptors (Lipinski definition) is 4.